The van der Waals surface area contributed by atoms with Crippen LogP contribution in [0.5, 0.6) is 0 Å². The molecular formula is C33H45N9O4. The first-order valence-electron chi connectivity index (χ1n) is 15.8. The lowest BCUT2D eigenvalue weighted by Crippen LogP contribution is -2.55. The van der Waals surface area contributed by atoms with Crippen molar-refractivity contribution in [2.75, 3.05) is 46.8 Å². The Labute approximate surface area is 267 Å². The van der Waals surface area contributed by atoms with Crippen LogP contribution >= 0.6 is 0 Å². The predicted molar refractivity (Wildman–Crippen MR) is 179 cm³/mol. The van der Waals surface area contributed by atoms with Crippen LogP contribution in [0.25, 0.3) is 22.1 Å². The number of benzene rings is 1. The fraction of sp³-hybridized carbons (Fsp3) is 0.485. The first-order chi connectivity index (χ1) is 22.1. The fourth-order valence-electron chi connectivity index (χ4n) is 6.95. The van der Waals surface area contributed by atoms with E-state index in [0.717, 1.165) is 42.4 Å². The Hall–Kier alpha value is -4.49. The molecule has 1 saturated heterocycles. The number of nitrogens with zero attached hydrogens (tertiary/aromatic N) is 6. The first kappa shape index (κ1) is 32.9. The first-order valence-corrected chi connectivity index (χ1v) is 15.8. The van der Waals surface area contributed by atoms with Crippen LogP contribution in [-0.2, 0) is 25.3 Å². The van der Waals surface area contributed by atoms with Crippen LogP contribution in [0.15, 0.2) is 53.0 Å². The molecule has 13 nitrogen and oxygen atoms in total. The molecule has 4 aromatic rings. The number of aryl methyl sites for hydroxylation is 1. The normalized spacial score (nSPS) is 19.0. The van der Waals surface area contributed by atoms with Crippen LogP contribution in [0.3, 0.4) is 0 Å². The quantitative estimate of drug-likeness (QED) is 0.253. The summed E-state index contributed by atoms with van der Waals surface area (Å²) in [5, 5.41) is 4.16. The van der Waals surface area contributed by atoms with Gasteiger partial charge in [-0.25, -0.2) is 14.6 Å². The molecule has 1 fully saturated rings. The van der Waals surface area contributed by atoms with Crippen molar-refractivity contribution in [2.45, 2.75) is 38.1 Å². The van der Waals surface area contributed by atoms with Crippen LogP contribution < -0.4 is 16.6 Å². The SMILES string of the molecule is C=CCN1C[C@H](C(=O)N(CCCN(C)C)C(=O)NCC)C[C@@H]2c3cccc4[nH]cc(c34)C[C@H]21.Cn1c(=O)c2[nH]cnc2n(C)c1=O. The summed E-state index contributed by atoms with van der Waals surface area (Å²) in [5.74, 6) is -0.0133. The highest BCUT2D eigenvalue weighted by Crippen LogP contribution is 2.45. The monoisotopic (exact) mass is 631 g/mol. The van der Waals surface area contributed by atoms with Crippen LogP contribution in [0.1, 0.15) is 36.8 Å². The molecule has 3 N–H and O–H groups in total. The number of hydrogen-bond acceptors (Lipinski definition) is 7. The van der Waals surface area contributed by atoms with Gasteiger partial charge in [-0.15, -0.1) is 6.58 Å². The number of piperidine rings is 1. The number of imide groups is 1. The lowest BCUT2D eigenvalue weighted by molar-refractivity contribution is -0.135. The number of likely N-dealkylation sites (tertiary alicyclic amines) is 1. The molecule has 3 aromatic heterocycles. The van der Waals surface area contributed by atoms with E-state index in [9.17, 15) is 19.2 Å². The molecule has 4 heterocycles. The Morgan fingerprint density at radius 3 is 2.65 bits per heavy atom. The Bertz CT molecular complexity index is 1850. The van der Waals surface area contributed by atoms with Gasteiger partial charge in [-0.2, -0.15) is 0 Å². The van der Waals surface area contributed by atoms with Crippen LogP contribution in [0.2, 0.25) is 0 Å². The predicted octanol–water partition coefficient (Wildman–Crippen LogP) is 2.15. The summed E-state index contributed by atoms with van der Waals surface area (Å²) in [6, 6.07) is 6.50. The van der Waals surface area contributed by atoms with E-state index in [0.29, 0.717) is 36.8 Å². The zero-order valence-corrected chi connectivity index (χ0v) is 27.4. The number of aromatic amines is 2. The minimum absolute atomic E-state index is 0.0562. The zero-order chi connectivity index (χ0) is 33.1. The molecule has 3 atom stereocenters. The standard InChI is InChI=1S/C26H37N5O2.C7H8N4O2/c1-5-11-30-17-19(25(32)31(26(33)27-6-2)13-8-12-29(3)4)14-21-20-9-7-10-22-24(20)18(16-28-22)15-23(21)30;1-10-5-4(8-3-9-5)6(12)11(2)7(10)13/h5,7,9-10,16,19,21,23,28H,1,6,8,11-15,17H2,2-4H3,(H,27,33);3H,1-2H3,(H,8,9)/t19-,21-,23-;/m1./s1. The van der Waals surface area contributed by atoms with E-state index < -0.39 is 0 Å². The van der Waals surface area contributed by atoms with Crippen molar-refractivity contribution < 1.29 is 9.59 Å². The number of H-pyrrole nitrogens is 2. The van der Waals surface area contributed by atoms with Crippen molar-refractivity contribution >= 4 is 34.0 Å². The highest BCUT2D eigenvalue weighted by atomic mass is 16.2. The Morgan fingerprint density at radius 1 is 1.15 bits per heavy atom. The molecule has 1 aromatic carbocycles. The van der Waals surface area contributed by atoms with Crippen LogP contribution in [-0.4, -0.2) is 104 Å². The molecule has 3 amide bonds. The number of amides is 3. The summed E-state index contributed by atoms with van der Waals surface area (Å²) in [7, 11) is 7.02. The van der Waals surface area contributed by atoms with E-state index in [1.807, 2.05) is 27.1 Å². The van der Waals surface area contributed by atoms with E-state index in [1.54, 1.807) is 7.05 Å². The number of hydrogen-bond donors (Lipinski definition) is 3. The van der Waals surface area contributed by atoms with Gasteiger partial charge in [-0.3, -0.25) is 28.5 Å². The summed E-state index contributed by atoms with van der Waals surface area (Å²) < 4.78 is 2.37. The molecule has 0 spiro atoms. The van der Waals surface area contributed by atoms with Gasteiger partial charge in [-0.1, -0.05) is 18.2 Å². The zero-order valence-electron chi connectivity index (χ0n) is 27.4. The summed E-state index contributed by atoms with van der Waals surface area (Å²) in [4.78, 5) is 65.3. The highest BCUT2D eigenvalue weighted by molar-refractivity contribution is 5.96. The molecule has 0 saturated carbocycles. The van der Waals surface area contributed by atoms with E-state index >= 15 is 0 Å². The lowest BCUT2D eigenvalue weighted by Gasteiger charge is -2.47. The summed E-state index contributed by atoms with van der Waals surface area (Å²) in [5.41, 5.74) is 3.85. The van der Waals surface area contributed by atoms with Gasteiger partial charge in [0.25, 0.3) is 5.56 Å². The summed E-state index contributed by atoms with van der Waals surface area (Å²) in [6.45, 7) is 9.02. The number of fused-ring (bicyclic) bond motifs is 3. The minimum Gasteiger partial charge on any atom is -0.361 e. The number of urea groups is 1. The molecule has 0 radical (unpaired) electrons. The van der Waals surface area contributed by atoms with Gasteiger partial charge in [0.15, 0.2) is 5.65 Å². The third-order valence-corrected chi connectivity index (χ3v) is 9.14. The highest BCUT2D eigenvalue weighted by Gasteiger charge is 2.44. The van der Waals surface area contributed by atoms with E-state index in [4.69, 9.17) is 0 Å². The Kier molecular flexibility index (Phi) is 9.92. The molecular weight excluding hydrogens is 586 g/mol. The number of imidazole rings is 1. The summed E-state index contributed by atoms with van der Waals surface area (Å²) >= 11 is 0. The maximum Gasteiger partial charge on any atom is 0.332 e. The lowest BCUT2D eigenvalue weighted by atomic mass is 9.72. The maximum absolute atomic E-state index is 13.7. The van der Waals surface area contributed by atoms with Crippen molar-refractivity contribution in [3.05, 3.63) is 75.3 Å². The molecule has 1 aliphatic heterocycles. The third-order valence-electron chi connectivity index (χ3n) is 9.14. The van der Waals surface area contributed by atoms with Crippen molar-refractivity contribution in [1.29, 1.82) is 0 Å². The van der Waals surface area contributed by atoms with Crippen molar-refractivity contribution in [3.63, 3.8) is 0 Å². The molecule has 1 aliphatic carbocycles. The van der Waals surface area contributed by atoms with Gasteiger partial charge in [0, 0.05) is 69.3 Å². The van der Waals surface area contributed by atoms with E-state index in [-0.39, 0.29) is 35.0 Å². The van der Waals surface area contributed by atoms with Gasteiger partial charge in [0.1, 0.15) is 5.52 Å². The topological polar surface area (TPSA) is 144 Å². The number of nitrogens with one attached hydrogen (secondary N) is 3. The largest absolute Gasteiger partial charge is 0.361 e. The van der Waals surface area contributed by atoms with Gasteiger partial charge < -0.3 is 20.2 Å². The Morgan fingerprint density at radius 2 is 1.93 bits per heavy atom. The fourth-order valence-corrected chi connectivity index (χ4v) is 6.95. The molecule has 246 valence electrons. The van der Waals surface area contributed by atoms with Gasteiger partial charge in [-0.05, 0) is 64.0 Å². The maximum atomic E-state index is 13.7. The number of carbonyl (C=O) groups excluding carboxylic acids is 2. The van der Waals surface area contributed by atoms with Crippen LogP contribution in [0, 0.1) is 5.92 Å². The Balaban J connectivity index is 0.000000266. The van der Waals surface area contributed by atoms with Crippen molar-refractivity contribution in [3.8, 4) is 0 Å². The second kappa shape index (κ2) is 13.9. The summed E-state index contributed by atoms with van der Waals surface area (Å²) in [6.07, 6.45) is 7.96. The van der Waals surface area contributed by atoms with Gasteiger partial charge >= 0.3 is 11.7 Å². The molecule has 13 heteroatoms. The third kappa shape index (κ3) is 6.29. The number of rotatable bonds is 8. The average molecular weight is 632 g/mol. The van der Waals surface area contributed by atoms with Crippen molar-refractivity contribution in [2.24, 2.45) is 20.0 Å². The number of carbonyl (C=O) groups is 2. The molecule has 46 heavy (non-hydrogen) atoms. The second-order valence-corrected chi connectivity index (χ2v) is 12.4. The molecule has 0 unspecified atom stereocenters. The second-order valence-electron chi connectivity index (χ2n) is 12.4. The van der Waals surface area contributed by atoms with E-state index in [1.165, 1.54) is 39.4 Å². The molecule has 6 rings (SSSR count). The molecule has 0 bridgehead atoms. The van der Waals surface area contributed by atoms with Gasteiger partial charge in [0.2, 0.25) is 5.91 Å². The minimum atomic E-state index is -0.371. The molecule has 2 aliphatic rings. The van der Waals surface area contributed by atoms with Crippen LogP contribution in [0.4, 0.5) is 4.79 Å². The van der Waals surface area contributed by atoms with Crippen molar-refractivity contribution in [1.82, 2.24) is 44.1 Å². The smallest absolute Gasteiger partial charge is 0.332 e. The van der Waals surface area contributed by atoms with Gasteiger partial charge in [0.05, 0.1) is 12.2 Å². The average Bonchev–Trinajstić information content (AvgIpc) is 3.70. The number of aromatic nitrogens is 5. The van der Waals surface area contributed by atoms with E-state index in [2.05, 4.69) is 61.0 Å².